The normalized spacial score (nSPS) is 10.1. The molecule has 0 aliphatic heterocycles. The van der Waals surface area contributed by atoms with E-state index >= 15 is 0 Å². The summed E-state index contributed by atoms with van der Waals surface area (Å²) in [5.41, 5.74) is 1.72. The third-order valence-corrected chi connectivity index (χ3v) is 3.25. The van der Waals surface area contributed by atoms with Gasteiger partial charge in [-0.25, -0.2) is 9.18 Å². The van der Waals surface area contributed by atoms with E-state index in [1.165, 1.54) is 24.3 Å². The lowest BCUT2D eigenvalue weighted by Crippen LogP contribution is -2.31. The molecule has 0 unspecified atom stereocenters. The van der Waals surface area contributed by atoms with Gasteiger partial charge in [0.2, 0.25) is 0 Å². The van der Waals surface area contributed by atoms with Gasteiger partial charge in [0.05, 0.1) is 0 Å². The first kappa shape index (κ1) is 15.8. The summed E-state index contributed by atoms with van der Waals surface area (Å²) in [5.74, 6) is -0.324. The van der Waals surface area contributed by atoms with Gasteiger partial charge in [0.1, 0.15) is 5.82 Å². The van der Waals surface area contributed by atoms with Gasteiger partial charge in [0.15, 0.2) is 0 Å². The Labute approximate surface area is 129 Å². The zero-order chi connectivity index (χ0) is 15.8. The molecule has 0 bridgehead atoms. The fourth-order valence-corrected chi connectivity index (χ4v) is 2.04. The molecule has 2 aromatic carbocycles. The first-order valence-electron chi connectivity index (χ1n) is 7.22. The van der Waals surface area contributed by atoms with Gasteiger partial charge in [0.25, 0.3) is 0 Å². The fourth-order valence-electron chi connectivity index (χ4n) is 2.04. The van der Waals surface area contributed by atoms with Crippen LogP contribution >= 0.6 is 0 Å². The van der Waals surface area contributed by atoms with Crippen molar-refractivity contribution in [1.29, 1.82) is 0 Å². The minimum atomic E-state index is -0.324. The summed E-state index contributed by atoms with van der Waals surface area (Å²) in [5, 5.41) is 5.44. The highest BCUT2D eigenvalue weighted by molar-refractivity contribution is 5.89. The van der Waals surface area contributed by atoms with E-state index < -0.39 is 0 Å². The molecule has 0 aromatic heterocycles. The minimum Gasteiger partial charge on any atom is -0.375 e. The van der Waals surface area contributed by atoms with Gasteiger partial charge in [-0.15, -0.1) is 0 Å². The Bertz CT molecular complexity index is 587. The van der Waals surface area contributed by atoms with Crippen LogP contribution in [-0.2, 0) is 0 Å². The van der Waals surface area contributed by atoms with Crippen LogP contribution in [-0.4, -0.2) is 26.2 Å². The van der Waals surface area contributed by atoms with E-state index in [0.717, 1.165) is 18.7 Å². The second-order valence-corrected chi connectivity index (χ2v) is 5.00. The largest absolute Gasteiger partial charge is 0.375 e. The van der Waals surface area contributed by atoms with Crippen LogP contribution in [0.5, 0.6) is 0 Å². The van der Waals surface area contributed by atoms with Crippen molar-refractivity contribution in [2.24, 2.45) is 0 Å². The average Bonchev–Trinajstić information content (AvgIpc) is 2.54. The molecule has 22 heavy (non-hydrogen) atoms. The number of urea groups is 1. The third-order valence-electron chi connectivity index (χ3n) is 3.25. The van der Waals surface area contributed by atoms with Crippen LogP contribution in [0.1, 0.15) is 6.42 Å². The predicted molar refractivity (Wildman–Crippen MR) is 87.8 cm³/mol. The Morgan fingerprint density at radius 2 is 1.77 bits per heavy atom. The van der Waals surface area contributed by atoms with Crippen molar-refractivity contribution in [1.82, 2.24) is 5.32 Å². The summed E-state index contributed by atoms with van der Waals surface area (Å²) in [6.45, 7) is 1.42. The second-order valence-electron chi connectivity index (χ2n) is 5.00. The summed E-state index contributed by atoms with van der Waals surface area (Å²) in [4.78, 5) is 13.8. The van der Waals surface area contributed by atoms with E-state index in [1.54, 1.807) is 0 Å². The number of nitrogens with one attached hydrogen (secondary N) is 2. The van der Waals surface area contributed by atoms with Gasteiger partial charge in [-0.3, -0.25) is 0 Å². The Morgan fingerprint density at radius 1 is 1.09 bits per heavy atom. The van der Waals surface area contributed by atoms with Crippen molar-refractivity contribution < 1.29 is 9.18 Å². The van der Waals surface area contributed by atoms with Crippen molar-refractivity contribution in [3.05, 3.63) is 60.4 Å². The highest BCUT2D eigenvalue weighted by Gasteiger charge is 2.02. The number of hydrogen-bond donors (Lipinski definition) is 2. The van der Waals surface area contributed by atoms with Crippen LogP contribution in [0.3, 0.4) is 0 Å². The smallest absolute Gasteiger partial charge is 0.319 e. The van der Waals surface area contributed by atoms with Crippen molar-refractivity contribution in [2.75, 3.05) is 30.4 Å². The zero-order valence-electron chi connectivity index (χ0n) is 12.6. The number of hydrogen-bond acceptors (Lipinski definition) is 2. The number of para-hydroxylation sites is 1. The van der Waals surface area contributed by atoms with Gasteiger partial charge in [-0.2, -0.15) is 0 Å². The van der Waals surface area contributed by atoms with E-state index in [2.05, 4.69) is 27.7 Å². The van der Waals surface area contributed by atoms with Gasteiger partial charge < -0.3 is 15.5 Å². The molecule has 0 fully saturated rings. The molecule has 5 heteroatoms. The van der Waals surface area contributed by atoms with Gasteiger partial charge in [-0.1, -0.05) is 18.2 Å². The summed E-state index contributed by atoms with van der Waals surface area (Å²) in [6.07, 6.45) is 0.836. The number of nitrogens with zero attached hydrogens (tertiary/aromatic N) is 1. The van der Waals surface area contributed by atoms with Crippen molar-refractivity contribution in [3.63, 3.8) is 0 Å². The van der Waals surface area contributed by atoms with Crippen LogP contribution in [0.4, 0.5) is 20.6 Å². The predicted octanol–water partition coefficient (Wildman–Crippen LogP) is 3.47. The molecule has 2 N–H and O–H groups in total. The van der Waals surface area contributed by atoms with E-state index in [9.17, 15) is 9.18 Å². The maximum absolute atomic E-state index is 12.8. The molecule has 0 saturated heterocycles. The molecule has 4 nitrogen and oxygen atoms in total. The maximum atomic E-state index is 12.8. The molecule has 0 atom stereocenters. The Hall–Kier alpha value is -2.56. The Morgan fingerprint density at radius 3 is 2.45 bits per heavy atom. The molecule has 0 spiro atoms. The fraction of sp³-hybridized carbons (Fsp3) is 0.235. The first-order chi connectivity index (χ1) is 10.6. The molecule has 0 aliphatic rings. The van der Waals surface area contributed by atoms with Crippen molar-refractivity contribution >= 4 is 17.4 Å². The number of rotatable bonds is 6. The lowest BCUT2D eigenvalue weighted by atomic mass is 10.3. The Kier molecular flexibility index (Phi) is 5.77. The standard InChI is InChI=1S/C17H20FN3O/c1-21(16-6-3-2-4-7-16)13-5-12-19-17(22)20-15-10-8-14(18)9-11-15/h2-4,6-11H,5,12-13H2,1H3,(H2,19,20,22). The number of carbonyl (C=O) groups is 1. The number of carbonyl (C=O) groups excluding carboxylic acids is 1. The van der Waals surface area contributed by atoms with Gasteiger partial charge >= 0.3 is 6.03 Å². The first-order valence-corrected chi connectivity index (χ1v) is 7.22. The maximum Gasteiger partial charge on any atom is 0.319 e. The quantitative estimate of drug-likeness (QED) is 0.802. The monoisotopic (exact) mass is 301 g/mol. The van der Waals surface area contributed by atoms with Crippen LogP contribution in [0, 0.1) is 5.82 Å². The van der Waals surface area contributed by atoms with Crippen LogP contribution in [0.15, 0.2) is 54.6 Å². The van der Waals surface area contributed by atoms with Crippen molar-refractivity contribution in [3.8, 4) is 0 Å². The summed E-state index contributed by atoms with van der Waals surface area (Å²) < 4.78 is 12.8. The molecule has 0 heterocycles. The Balaban J connectivity index is 1.66. The van der Waals surface area contributed by atoms with Crippen LogP contribution in [0.25, 0.3) is 0 Å². The van der Waals surface area contributed by atoms with Crippen LogP contribution < -0.4 is 15.5 Å². The molecule has 2 aromatic rings. The third kappa shape index (κ3) is 5.09. The van der Waals surface area contributed by atoms with Gasteiger partial charge in [-0.05, 0) is 42.8 Å². The highest BCUT2D eigenvalue weighted by atomic mass is 19.1. The minimum absolute atomic E-state index is 0.283. The lowest BCUT2D eigenvalue weighted by molar-refractivity contribution is 0.252. The average molecular weight is 301 g/mol. The van der Waals surface area contributed by atoms with E-state index in [4.69, 9.17) is 0 Å². The molecule has 2 amide bonds. The highest BCUT2D eigenvalue weighted by Crippen LogP contribution is 2.11. The number of halogens is 1. The molecule has 0 saturated carbocycles. The number of benzene rings is 2. The summed E-state index contributed by atoms with van der Waals surface area (Å²) >= 11 is 0. The van der Waals surface area contributed by atoms with Gasteiger partial charge in [0, 0.05) is 31.5 Å². The lowest BCUT2D eigenvalue weighted by Gasteiger charge is -2.19. The number of anilines is 2. The molecule has 0 radical (unpaired) electrons. The molecule has 0 aliphatic carbocycles. The van der Waals surface area contributed by atoms with E-state index in [1.807, 2.05) is 25.2 Å². The molecular formula is C17H20FN3O. The SMILES string of the molecule is CN(CCCNC(=O)Nc1ccc(F)cc1)c1ccccc1. The second kappa shape index (κ2) is 8.02. The van der Waals surface area contributed by atoms with E-state index in [0.29, 0.717) is 12.2 Å². The molecule has 2 rings (SSSR count). The zero-order valence-corrected chi connectivity index (χ0v) is 12.6. The summed E-state index contributed by atoms with van der Waals surface area (Å²) in [6, 6.07) is 15.5. The topological polar surface area (TPSA) is 44.4 Å². The van der Waals surface area contributed by atoms with Crippen LogP contribution in [0.2, 0.25) is 0 Å². The number of amides is 2. The van der Waals surface area contributed by atoms with E-state index in [-0.39, 0.29) is 11.8 Å². The molecular weight excluding hydrogens is 281 g/mol. The molecule has 116 valence electrons. The summed E-state index contributed by atoms with van der Waals surface area (Å²) in [7, 11) is 2.02. The van der Waals surface area contributed by atoms with Crippen molar-refractivity contribution in [2.45, 2.75) is 6.42 Å².